The monoisotopic (exact) mass is 481 g/mol. The summed E-state index contributed by atoms with van der Waals surface area (Å²) in [7, 11) is 4.51. The molecule has 176 valence electrons. The van der Waals surface area contributed by atoms with E-state index in [4.69, 9.17) is 21.7 Å². The van der Waals surface area contributed by atoms with Crippen molar-refractivity contribution in [2.24, 2.45) is 0 Å². The number of carbonyl (C=O) groups is 2. The molecule has 1 saturated heterocycles. The number of hydrogen-bond donors (Lipinski definition) is 0. The van der Waals surface area contributed by atoms with Crippen LogP contribution < -0.4 is 9.47 Å². The third-order valence-electron chi connectivity index (χ3n) is 5.22. The molecule has 0 spiro atoms. The van der Waals surface area contributed by atoms with Crippen LogP contribution in [0.4, 0.5) is 5.69 Å². The van der Waals surface area contributed by atoms with Crippen LogP contribution in [-0.2, 0) is 22.6 Å². The van der Waals surface area contributed by atoms with Crippen molar-refractivity contribution in [1.82, 2.24) is 9.80 Å². The van der Waals surface area contributed by atoms with E-state index in [1.54, 1.807) is 30.3 Å². The molecule has 34 heavy (non-hydrogen) atoms. The second-order valence-corrected chi connectivity index (χ2v) is 7.85. The number of nitrogens with zero attached hydrogens (tertiary/aromatic N) is 3. The quantitative estimate of drug-likeness (QED) is 0.142. The van der Waals surface area contributed by atoms with Crippen molar-refractivity contribution in [1.29, 1.82) is 0 Å². The average Bonchev–Trinajstić information content (AvgIpc) is 2.83. The molecule has 2 aromatic carbocycles. The third-order valence-corrected chi connectivity index (χ3v) is 5.77. The van der Waals surface area contributed by atoms with Crippen LogP contribution in [0, 0.1) is 10.1 Å². The van der Waals surface area contributed by atoms with Crippen LogP contribution in [0.25, 0.3) is 6.08 Å². The highest BCUT2D eigenvalue weighted by Gasteiger charge is 2.35. The van der Waals surface area contributed by atoms with Gasteiger partial charge in [0.1, 0.15) is 12.2 Å². The second kappa shape index (κ2) is 10.3. The first-order chi connectivity index (χ1) is 16.2. The first-order valence-electron chi connectivity index (χ1n) is 10.2. The molecular weight excluding hydrogens is 458 g/mol. The maximum atomic E-state index is 12.7. The molecule has 0 radical (unpaired) electrons. The molecule has 0 aromatic heterocycles. The first-order valence-corrected chi connectivity index (χ1v) is 10.6. The summed E-state index contributed by atoms with van der Waals surface area (Å²) in [5.74, 6) is -0.104. The van der Waals surface area contributed by atoms with Crippen molar-refractivity contribution in [3.63, 3.8) is 0 Å². The Balaban J connectivity index is 1.95. The zero-order valence-corrected chi connectivity index (χ0v) is 19.8. The number of methoxy groups -OCH3 is 1. The van der Waals surface area contributed by atoms with Gasteiger partial charge in [-0.3, -0.25) is 29.5 Å². The maximum absolute atomic E-state index is 12.7. The van der Waals surface area contributed by atoms with E-state index in [1.807, 2.05) is 0 Å². The summed E-state index contributed by atoms with van der Waals surface area (Å²) in [5, 5.41) is 11.0. The fourth-order valence-electron chi connectivity index (χ4n) is 3.40. The lowest BCUT2D eigenvalue weighted by Crippen LogP contribution is -2.52. The van der Waals surface area contributed by atoms with Gasteiger partial charge < -0.3 is 9.47 Å². The normalized spacial score (nSPS) is 13.7. The van der Waals surface area contributed by atoms with E-state index < -0.39 is 16.7 Å². The Morgan fingerprint density at radius 1 is 1.12 bits per heavy atom. The number of likely N-dealkylation sites (N-methyl/N-ethyl adjacent to an activating group) is 2. The van der Waals surface area contributed by atoms with E-state index in [-0.39, 0.29) is 23.0 Å². The highest BCUT2D eigenvalue weighted by molar-refractivity contribution is 7.80. The van der Waals surface area contributed by atoms with E-state index in [1.165, 1.54) is 49.2 Å². The van der Waals surface area contributed by atoms with E-state index in [0.29, 0.717) is 23.5 Å². The van der Waals surface area contributed by atoms with Gasteiger partial charge in [-0.2, -0.15) is 0 Å². The highest BCUT2D eigenvalue weighted by Crippen LogP contribution is 2.35. The average molecular weight is 482 g/mol. The van der Waals surface area contributed by atoms with Gasteiger partial charge in [-0.25, -0.2) is 0 Å². The lowest BCUT2D eigenvalue weighted by Gasteiger charge is -2.31. The standard InChI is InChI=1S/C24H23N3O6S/c1-5-6-17-11-16(12-19-22(28)25(2)24(34)26(3)23(19)29)13-20(32-4)21(17)33-14-15-7-9-18(10-8-15)27(30)31/h5,7-13H,1,6,14H2,2-4H3. The number of hydrogen-bond acceptors (Lipinski definition) is 7. The topological polar surface area (TPSA) is 102 Å². The molecule has 10 heteroatoms. The SMILES string of the molecule is C=CCc1cc(C=C2C(=O)N(C)C(=S)N(C)C2=O)cc(OC)c1OCc1ccc([N+](=O)[O-])cc1. The predicted octanol–water partition coefficient (Wildman–Crippen LogP) is 3.51. The Morgan fingerprint density at radius 2 is 1.74 bits per heavy atom. The zero-order valence-electron chi connectivity index (χ0n) is 18.9. The smallest absolute Gasteiger partial charge is 0.269 e. The fourth-order valence-corrected chi connectivity index (χ4v) is 3.57. The van der Waals surface area contributed by atoms with Gasteiger partial charge in [0.2, 0.25) is 0 Å². The molecule has 3 rings (SSSR count). The van der Waals surface area contributed by atoms with Gasteiger partial charge in [-0.1, -0.05) is 6.08 Å². The van der Waals surface area contributed by atoms with Gasteiger partial charge in [0.05, 0.1) is 12.0 Å². The molecular formula is C24H23N3O6S. The number of non-ortho nitro benzene ring substituents is 1. The summed E-state index contributed by atoms with van der Waals surface area (Å²) in [5.41, 5.74) is 2.02. The first kappa shape index (κ1) is 24.6. The van der Waals surface area contributed by atoms with Crippen LogP contribution in [0.1, 0.15) is 16.7 Å². The minimum Gasteiger partial charge on any atom is -0.493 e. The molecule has 2 aromatic rings. The molecule has 1 fully saturated rings. The minimum atomic E-state index is -0.490. The van der Waals surface area contributed by atoms with Crippen LogP contribution >= 0.6 is 12.2 Å². The van der Waals surface area contributed by atoms with Crippen molar-refractivity contribution in [3.8, 4) is 11.5 Å². The third kappa shape index (κ3) is 4.96. The largest absolute Gasteiger partial charge is 0.493 e. The Morgan fingerprint density at radius 3 is 2.26 bits per heavy atom. The van der Waals surface area contributed by atoms with Crippen LogP contribution in [0.5, 0.6) is 11.5 Å². The lowest BCUT2D eigenvalue weighted by atomic mass is 10.0. The molecule has 2 amide bonds. The number of carbonyl (C=O) groups excluding carboxylic acids is 2. The molecule has 9 nitrogen and oxygen atoms in total. The van der Waals surface area contributed by atoms with Gasteiger partial charge in [-0.15, -0.1) is 6.58 Å². The fraction of sp³-hybridized carbons (Fsp3) is 0.208. The summed E-state index contributed by atoms with van der Waals surface area (Å²) in [6, 6.07) is 9.51. The van der Waals surface area contributed by atoms with E-state index in [9.17, 15) is 19.7 Å². The van der Waals surface area contributed by atoms with Crippen molar-refractivity contribution < 1.29 is 24.0 Å². The van der Waals surface area contributed by atoms with Gasteiger partial charge in [0.25, 0.3) is 17.5 Å². The number of thiocarbonyl (C=S) groups is 1. The summed E-state index contributed by atoms with van der Waals surface area (Å²) < 4.78 is 11.5. The van der Waals surface area contributed by atoms with Gasteiger partial charge in [0, 0.05) is 31.8 Å². The maximum Gasteiger partial charge on any atom is 0.269 e. The van der Waals surface area contributed by atoms with Crippen molar-refractivity contribution in [3.05, 3.63) is 81.4 Å². The zero-order chi connectivity index (χ0) is 25.0. The van der Waals surface area contributed by atoms with Crippen LogP contribution in [0.15, 0.2) is 54.6 Å². The van der Waals surface area contributed by atoms with Gasteiger partial charge in [-0.05, 0) is 60.1 Å². The predicted molar refractivity (Wildman–Crippen MR) is 130 cm³/mol. The summed E-state index contributed by atoms with van der Waals surface area (Å²) in [6.07, 6.45) is 3.63. The molecule has 1 aliphatic heterocycles. The van der Waals surface area contributed by atoms with Crippen LogP contribution in [0.3, 0.4) is 0 Å². The number of nitro groups is 1. The van der Waals surface area contributed by atoms with E-state index in [0.717, 1.165) is 11.1 Å². The molecule has 0 atom stereocenters. The number of amides is 2. The molecule has 0 aliphatic carbocycles. The lowest BCUT2D eigenvalue weighted by molar-refractivity contribution is -0.384. The number of allylic oxidation sites excluding steroid dienone is 1. The van der Waals surface area contributed by atoms with Gasteiger partial charge >= 0.3 is 0 Å². The van der Waals surface area contributed by atoms with Crippen molar-refractivity contribution in [2.75, 3.05) is 21.2 Å². The Kier molecular flexibility index (Phi) is 7.42. The Bertz CT molecular complexity index is 1180. The number of nitro benzene ring substituents is 1. The number of benzene rings is 2. The molecule has 0 bridgehead atoms. The van der Waals surface area contributed by atoms with E-state index in [2.05, 4.69) is 6.58 Å². The van der Waals surface area contributed by atoms with Crippen molar-refractivity contribution >= 4 is 40.9 Å². The summed E-state index contributed by atoms with van der Waals surface area (Å²) in [6.45, 7) is 3.94. The van der Waals surface area contributed by atoms with E-state index >= 15 is 0 Å². The molecule has 0 N–H and O–H groups in total. The van der Waals surface area contributed by atoms with Crippen LogP contribution in [0.2, 0.25) is 0 Å². The van der Waals surface area contributed by atoms with Crippen molar-refractivity contribution in [2.45, 2.75) is 13.0 Å². The second-order valence-electron chi connectivity index (χ2n) is 7.49. The summed E-state index contributed by atoms with van der Waals surface area (Å²) >= 11 is 5.13. The minimum absolute atomic E-state index is 0.00470. The highest BCUT2D eigenvalue weighted by atomic mass is 32.1. The molecule has 0 saturated carbocycles. The molecule has 1 aliphatic rings. The van der Waals surface area contributed by atoms with Gasteiger partial charge in [0.15, 0.2) is 16.6 Å². The summed E-state index contributed by atoms with van der Waals surface area (Å²) in [4.78, 5) is 38.2. The number of rotatable bonds is 8. The van der Waals surface area contributed by atoms with Crippen LogP contribution in [-0.4, -0.2) is 52.9 Å². The molecule has 0 unspecified atom stereocenters. The number of ether oxygens (including phenoxy) is 2. The molecule has 1 heterocycles. The Hall–Kier alpha value is -4.05. The Labute approximate surface area is 202 Å².